The molecule has 68 valence electrons. The van der Waals surface area contributed by atoms with Crippen LogP contribution in [0.1, 0.15) is 18.3 Å². The fourth-order valence-corrected chi connectivity index (χ4v) is 1.52. The maximum Gasteiger partial charge on any atom is 0.137 e. The van der Waals surface area contributed by atoms with E-state index in [9.17, 15) is 5.11 Å². The first-order valence-electron chi connectivity index (χ1n) is 3.90. The lowest BCUT2D eigenvalue weighted by atomic mass is 10.2. The molecule has 3 nitrogen and oxygen atoms in total. The second-order valence-electron chi connectivity index (χ2n) is 2.69. The first-order valence-corrected chi connectivity index (χ1v) is 5.29. The van der Waals surface area contributed by atoms with E-state index in [1.807, 2.05) is 24.1 Å². The fourth-order valence-electron chi connectivity index (χ4n) is 1.06. The lowest BCUT2D eigenvalue weighted by Crippen LogP contribution is -2.06. The number of hydrogen-bond acceptors (Lipinski definition) is 3. The van der Waals surface area contributed by atoms with Gasteiger partial charge in [-0.25, -0.2) is 4.98 Å². The molecular weight excluding hydrogens is 172 g/mol. The highest BCUT2D eigenvalue weighted by Gasteiger charge is 2.10. The Morgan fingerprint density at radius 3 is 3.00 bits per heavy atom. The van der Waals surface area contributed by atoms with Crippen molar-refractivity contribution in [2.24, 2.45) is 7.05 Å². The van der Waals surface area contributed by atoms with Gasteiger partial charge in [-0.1, -0.05) is 0 Å². The Morgan fingerprint density at radius 2 is 2.50 bits per heavy atom. The summed E-state index contributed by atoms with van der Waals surface area (Å²) in [6, 6.07) is 0. The van der Waals surface area contributed by atoms with Crippen LogP contribution in [0.2, 0.25) is 0 Å². The minimum atomic E-state index is -0.419. The predicted molar refractivity (Wildman–Crippen MR) is 51.2 cm³/mol. The lowest BCUT2D eigenvalue weighted by molar-refractivity contribution is 0.161. The third-order valence-electron chi connectivity index (χ3n) is 1.75. The summed E-state index contributed by atoms with van der Waals surface area (Å²) in [5.41, 5.74) is 0. The number of nitrogens with zero attached hydrogens (tertiary/aromatic N) is 2. The molecule has 0 aliphatic heterocycles. The summed E-state index contributed by atoms with van der Waals surface area (Å²) in [6.07, 6.45) is 5.93. The highest BCUT2D eigenvalue weighted by molar-refractivity contribution is 7.98. The normalized spacial score (nSPS) is 13.2. The average molecular weight is 186 g/mol. The first-order chi connectivity index (χ1) is 5.75. The molecule has 0 amide bonds. The number of aliphatic hydroxyl groups excluding tert-OH is 1. The molecule has 0 aromatic carbocycles. The Bertz CT molecular complexity index is 237. The van der Waals surface area contributed by atoms with E-state index in [4.69, 9.17) is 0 Å². The number of rotatable bonds is 4. The second kappa shape index (κ2) is 4.52. The predicted octanol–water partition coefficient (Wildman–Crippen LogP) is 1.21. The highest BCUT2D eigenvalue weighted by atomic mass is 32.2. The topological polar surface area (TPSA) is 38.1 Å². The Labute approximate surface area is 76.8 Å². The van der Waals surface area contributed by atoms with Crippen LogP contribution < -0.4 is 0 Å². The zero-order valence-corrected chi connectivity index (χ0v) is 8.21. The highest BCUT2D eigenvalue weighted by Crippen LogP contribution is 2.15. The molecule has 0 saturated carbocycles. The van der Waals surface area contributed by atoms with Crippen LogP contribution in [0.5, 0.6) is 0 Å². The van der Waals surface area contributed by atoms with Crippen molar-refractivity contribution < 1.29 is 5.11 Å². The molecule has 1 atom stereocenters. The van der Waals surface area contributed by atoms with E-state index in [-0.39, 0.29) is 0 Å². The van der Waals surface area contributed by atoms with Crippen molar-refractivity contribution in [3.8, 4) is 0 Å². The van der Waals surface area contributed by atoms with E-state index in [1.165, 1.54) is 0 Å². The van der Waals surface area contributed by atoms with Crippen molar-refractivity contribution in [2.75, 3.05) is 12.0 Å². The standard InChI is InChI=1S/C8H14N2OS/c1-10-5-4-9-8(10)7(11)3-6-12-2/h4-5,7,11H,3,6H2,1-2H3. The van der Waals surface area contributed by atoms with E-state index >= 15 is 0 Å². The lowest BCUT2D eigenvalue weighted by Gasteiger charge is -2.08. The monoisotopic (exact) mass is 186 g/mol. The molecule has 1 N–H and O–H groups in total. The van der Waals surface area contributed by atoms with Gasteiger partial charge >= 0.3 is 0 Å². The third-order valence-corrected chi connectivity index (χ3v) is 2.40. The van der Waals surface area contributed by atoms with Crippen molar-refractivity contribution in [3.63, 3.8) is 0 Å². The van der Waals surface area contributed by atoms with Crippen LogP contribution in [-0.4, -0.2) is 26.7 Å². The zero-order chi connectivity index (χ0) is 8.97. The zero-order valence-electron chi connectivity index (χ0n) is 7.40. The summed E-state index contributed by atoms with van der Waals surface area (Å²) in [5, 5.41) is 9.62. The molecule has 0 fully saturated rings. The average Bonchev–Trinajstić information content (AvgIpc) is 2.47. The molecule has 4 heteroatoms. The largest absolute Gasteiger partial charge is 0.385 e. The molecule has 0 radical (unpaired) electrons. The van der Waals surface area contributed by atoms with Gasteiger partial charge in [0.05, 0.1) is 0 Å². The summed E-state index contributed by atoms with van der Waals surface area (Å²) in [4.78, 5) is 4.07. The van der Waals surface area contributed by atoms with E-state index in [1.54, 1.807) is 18.0 Å². The van der Waals surface area contributed by atoms with Gasteiger partial charge in [-0.05, 0) is 18.4 Å². The molecule has 1 aromatic heterocycles. The van der Waals surface area contributed by atoms with Gasteiger partial charge in [0, 0.05) is 19.4 Å². The SMILES string of the molecule is CSCCC(O)c1nccn1C. The van der Waals surface area contributed by atoms with E-state index in [0.29, 0.717) is 0 Å². The van der Waals surface area contributed by atoms with Crippen molar-refractivity contribution >= 4 is 11.8 Å². The first kappa shape index (κ1) is 9.61. The quantitative estimate of drug-likeness (QED) is 0.768. The smallest absolute Gasteiger partial charge is 0.137 e. The van der Waals surface area contributed by atoms with Crippen LogP contribution in [0.15, 0.2) is 12.4 Å². The van der Waals surface area contributed by atoms with Crippen LogP contribution in [-0.2, 0) is 7.05 Å². The minimum Gasteiger partial charge on any atom is -0.385 e. The van der Waals surface area contributed by atoms with Gasteiger partial charge in [-0.15, -0.1) is 0 Å². The van der Waals surface area contributed by atoms with E-state index < -0.39 is 6.10 Å². The number of thioether (sulfide) groups is 1. The maximum absolute atomic E-state index is 9.62. The molecule has 0 aliphatic carbocycles. The molecule has 0 aliphatic rings. The van der Waals surface area contributed by atoms with Gasteiger partial charge in [-0.2, -0.15) is 11.8 Å². The Morgan fingerprint density at radius 1 is 1.75 bits per heavy atom. The number of aliphatic hydroxyl groups is 1. The summed E-state index contributed by atoms with van der Waals surface area (Å²) < 4.78 is 1.85. The minimum absolute atomic E-state index is 0.419. The Kier molecular flexibility index (Phi) is 3.62. The van der Waals surface area contributed by atoms with E-state index in [2.05, 4.69) is 4.98 Å². The summed E-state index contributed by atoms with van der Waals surface area (Å²) in [7, 11) is 1.89. The molecule has 1 unspecified atom stereocenters. The number of hydrogen-bond donors (Lipinski definition) is 1. The van der Waals surface area contributed by atoms with Gasteiger partial charge in [0.25, 0.3) is 0 Å². The summed E-state index contributed by atoms with van der Waals surface area (Å²) in [6.45, 7) is 0. The van der Waals surface area contributed by atoms with Crippen molar-refractivity contribution in [2.45, 2.75) is 12.5 Å². The van der Waals surface area contributed by atoms with Gasteiger partial charge in [0.15, 0.2) is 0 Å². The van der Waals surface area contributed by atoms with Gasteiger partial charge < -0.3 is 9.67 Å². The second-order valence-corrected chi connectivity index (χ2v) is 3.68. The molecule has 0 spiro atoms. The summed E-state index contributed by atoms with van der Waals surface area (Å²) >= 11 is 1.74. The maximum atomic E-state index is 9.62. The number of aryl methyl sites for hydroxylation is 1. The van der Waals surface area contributed by atoms with Crippen LogP contribution in [0.3, 0.4) is 0 Å². The van der Waals surface area contributed by atoms with Crippen molar-refractivity contribution in [1.82, 2.24) is 9.55 Å². The van der Waals surface area contributed by atoms with Crippen LogP contribution >= 0.6 is 11.8 Å². The van der Waals surface area contributed by atoms with E-state index in [0.717, 1.165) is 18.0 Å². The fraction of sp³-hybridized carbons (Fsp3) is 0.625. The Hall–Kier alpha value is -0.480. The van der Waals surface area contributed by atoms with Crippen molar-refractivity contribution in [3.05, 3.63) is 18.2 Å². The van der Waals surface area contributed by atoms with Crippen molar-refractivity contribution in [1.29, 1.82) is 0 Å². The molecule has 1 heterocycles. The van der Waals surface area contributed by atoms with Crippen LogP contribution in [0.25, 0.3) is 0 Å². The van der Waals surface area contributed by atoms with Gasteiger partial charge in [0.2, 0.25) is 0 Å². The van der Waals surface area contributed by atoms with Gasteiger partial charge in [0.1, 0.15) is 11.9 Å². The van der Waals surface area contributed by atoms with Crippen LogP contribution in [0, 0.1) is 0 Å². The number of aromatic nitrogens is 2. The van der Waals surface area contributed by atoms with Gasteiger partial charge in [-0.3, -0.25) is 0 Å². The Balaban J connectivity index is 2.52. The number of imidazole rings is 1. The summed E-state index contributed by atoms with van der Waals surface area (Å²) in [5.74, 6) is 1.72. The molecule has 12 heavy (non-hydrogen) atoms. The third kappa shape index (κ3) is 2.25. The molecule has 1 aromatic rings. The van der Waals surface area contributed by atoms with Crippen LogP contribution in [0.4, 0.5) is 0 Å². The molecule has 0 saturated heterocycles. The molecule has 1 rings (SSSR count). The molecular formula is C8H14N2OS. The molecule has 0 bridgehead atoms.